The van der Waals surface area contributed by atoms with Gasteiger partial charge < -0.3 is 19.3 Å². The van der Waals surface area contributed by atoms with Crippen LogP contribution < -0.4 is 0 Å². The minimum Gasteiger partial charge on any atom is -0.462 e. The smallest absolute Gasteiger partial charge is 0.307 e. The number of rotatable bonds is 24. The number of esters is 2. The van der Waals surface area contributed by atoms with Crippen molar-refractivity contribution in [2.75, 3.05) is 41.3 Å². The van der Waals surface area contributed by atoms with Crippen molar-refractivity contribution in [3.8, 4) is 0 Å². The molecule has 2 unspecified atom stereocenters. The Morgan fingerprint density at radius 1 is 0.452 bits per heavy atom. The van der Waals surface area contributed by atoms with Crippen LogP contribution in [-0.2, 0) is 19.1 Å². The first-order chi connectivity index (χ1) is 19.6. The topological polar surface area (TPSA) is 59.1 Å². The van der Waals surface area contributed by atoms with Crippen molar-refractivity contribution in [3.05, 3.63) is 0 Å². The van der Waals surface area contributed by atoms with Crippen LogP contribution in [0.25, 0.3) is 0 Å². The van der Waals surface area contributed by atoms with Crippen LogP contribution in [-0.4, -0.2) is 75.2 Å². The summed E-state index contributed by atoms with van der Waals surface area (Å²) in [6.07, 6.45) is 14.4. The van der Waals surface area contributed by atoms with Crippen molar-refractivity contribution in [2.45, 2.75) is 157 Å². The molecule has 0 aliphatic carbocycles. The summed E-state index contributed by atoms with van der Waals surface area (Å²) < 4.78 is 11.4. The Balaban J connectivity index is 0. The molecule has 0 aromatic heterocycles. The van der Waals surface area contributed by atoms with E-state index in [1.165, 1.54) is 12.8 Å². The summed E-state index contributed by atoms with van der Waals surface area (Å²) in [4.78, 5) is 28.0. The first kappa shape index (κ1) is 43.0. The molecule has 42 heavy (non-hydrogen) atoms. The first-order valence-corrected chi connectivity index (χ1v) is 17.3. The van der Waals surface area contributed by atoms with Crippen molar-refractivity contribution in [1.82, 2.24) is 9.80 Å². The number of carbonyl (C=O) groups is 2. The molecule has 6 heteroatoms. The minimum absolute atomic E-state index is 0.00272. The molecule has 0 N–H and O–H groups in total. The Kier molecular flexibility index (Phi) is 28.1. The predicted octanol–water partition coefficient (Wildman–Crippen LogP) is 9.01. The van der Waals surface area contributed by atoms with Gasteiger partial charge in [0, 0.05) is 13.0 Å². The van der Waals surface area contributed by atoms with E-state index < -0.39 is 0 Å². The highest BCUT2D eigenvalue weighted by molar-refractivity contribution is 5.70. The van der Waals surface area contributed by atoms with Gasteiger partial charge in [0.2, 0.25) is 0 Å². The highest BCUT2D eigenvalue weighted by atomic mass is 16.5. The molecule has 0 saturated carbocycles. The quantitative estimate of drug-likeness (QED) is 0.0816. The van der Waals surface area contributed by atoms with Crippen molar-refractivity contribution in [3.63, 3.8) is 0 Å². The number of carbonyl (C=O) groups excluding carboxylic acids is 2. The average molecular weight is 599 g/mol. The van der Waals surface area contributed by atoms with Crippen LogP contribution in [0.2, 0.25) is 0 Å². The van der Waals surface area contributed by atoms with Gasteiger partial charge in [0.15, 0.2) is 0 Å². The molecular formula is C36H74N2O4. The summed E-state index contributed by atoms with van der Waals surface area (Å²) in [7, 11) is 8.09. The SMILES string of the molecule is CC(C)CCCC(CCC(C)C)OC(=O)CCCCN(C)C.CC(C)CCCC(CCC(C)C)OC(=O)CCN(C)C. The van der Waals surface area contributed by atoms with Gasteiger partial charge in [-0.05, 0) is 123 Å². The molecule has 0 spiro atoms. The van der Waals surface area contributed by atoms with Crippen molar-refractivity contribution in [1.29, 1.82) is 0 Å². The number of hydrogen-bond acceptors (Lipinski definition) is 6. The molecule has 0 aliphatic rings. The maximum absolute atomic E-state index is 12.0. The molecule has 0 saturated heterocycles. The van der Waals surface area contributed by atoms with Gasteiger partial charge in [-0.15, -0.1) is 0 Å². The monoisotopic (exact) mass is 599 g/mol. The first-order valence-electron chi connectivity index (χ1n) is 17.3. The van der Waals surface area contributed by atoms with E-state index in [1.54, 1.807) is 0 Å². The highest BCUT2D eigenvalue weighted by Gasteiger charge is 2.16. The Morgan fingerprint density at radius 3 is 1.19 bits per heavy atom. The van der Waals surface area contributed by atoms with Gasteiger partial charge >= 0.3 is 11.9 Å². The Morgan fingerprint density at radius 2 is 0.833 bits per heavy atom. The summed E-state index contributed by atoms with van der Waals surface area (Å²) in [5, 5.41) is 0. The third-order valence-electron chi connectivity index (χ3n) is 7.34. The Hall–Kier alpha value is -1.14. The van der Waals surface area contributed by atoms with Gasteiger partial charge in [-0.1, -0.05) is 68.2 Å². The normalized spacial score (nSPS) is 13.2. The fraction of sp³-hybridized carbons (Fsp3) is 0.944. The third-order valence-corrected chi connectivity index (χ3v) is 7.34. The van der Waals surface area contributed by atoms with Gasteiger partial charge in [0.1, 0.15) is 12.2 Å². The molecule has 0 bridgehead atoms. The molecule has 6 nitrogen and oxygen atoms in total. The second-order valence-corrected chi connectivity index (χ2v) is 14.6. The third kappa shape index (κ3) is 33.4. The van der Waals surface area contributed by atoms with Crippen molar-refractivity contribution >= 4 is 11.9 Å². The molecule has 252 valence electrons. The number of ether oxygens (including phenoxy) is 2. The number of hydrogen-bond donors (Lipinski definition) is 0. The molecule has 0 heterocycles. The summed E-state index contributed by atoms with van der Waals surface area (Å²) >= 11 is 0. The van der Waals surface area contributed by atoms with Gasteiger partial charge in [0.05, 0.1) is 6.42 Å². The molecule has 0 amide bonds. The predicted molar refractivity (Wildman–Crippen MR) is 181 cm³/mol. The molecule has 0 aliphatic heterocycles. The molecule has 0 aromatic rings. The lowest BCUT2D eigenvalue weighted by atomic mass is 9.99. The molecule has 0 rings (SSSR count). The van der Waals surface area contributed by atoms with Gasteiger partial charge in [-0.3, -0.25) is 9.59 Å². The van der Waals surface area contributed by atoms with E-state index in [2.05, 4.69) is 74.4 Å². The lowest BCUT2D eigenvalue weighted by Crippen LogP contribution is -2.23. The second kappa shape index (κ2) is 27.4. The lowest BCUT2D eigenvalue weighted by molar-refractivity contribution is -0.151. The van der Waals surface area contributed by atoms with E-state index in [4.69, 9.17) is 9.47 Å². The maximum Gasteiger partial charge on any atom is 0.307 e. The van der Waals surface area contributed by atoms with Crippen LogP contribution in [0.3, 0.4) is 0 Å². The van der Waals surface area contributed by atoms with Crippen LogP contribution in [0.4, 0.5) is 0 Å². The molecular weight excluding hydrogens is 524 g/mol. The van der Waals surface area contributed by atoms with Crippen LogP contribution in [0.5, 0.6) is 0 Å². The largest absolute Gasteiger partial charge is 0.462 e. The average Bonchev–Trinajstić information content (AvgIpc) is 2.86. The van der Waals surface area contributed by atoms with E-state index in [1.807, 2.05) is 19.0 Å². The van der Waals surface area contributed by atoms with Crippen LogP contribution in [0, 0.1) is 23.7 Å². The van der Waals surface area contributed by atoms with Gasteiger partial charge in [-0.25, -0.2) is 0 Å². The Bertz CT molecular complexity index is 632. The fourth-order valence-electron chi connectivity index (χ4n) is 4.57. The highest BCUT2D eigenvalue weighted by Crippen LogP contribution is 2.19. The number of unbranched alkanes of at least 4 members (excludes halogenated alkanes) is 1. The minimum atomic E-state index is -0.0444. The summed E-state index contributed by atoms with van der Waals surface area (Å²) in [5.74, 6) is 2.75. The lowest BCUT2D eigenvalue weighted by Gasteiger charge is -2.20. The van der Waals surface area contributed by atoms with Crippen molar-refractivity contribution < 1.29 is 19.1 Å². The van der Waals surface area contributed by atoms with Gasteiger partial charge in [-0.2, -0.15) is 0 Å². The molecule has 2 atom stereocenters. The van der Waals surface area contributed by atoms with Crippen LogP contribution in [0.1, 0.15) is 145 Å². The van der Waals surface area contributed by atoms with E-state index in [-0.39, 0.29) is 24.1 Å². The fourth-order valence-corrected chi connectivity index (χ4v) is 4.57. The molecule has 0 aromatic carbocycles. The summed E-state index contributed by atoms with van der Waals surface area (Å²) in [5.41, 5.74) is 0. The maximum atomic E-state index is 12.0. The summed E-state index contributed by atoms with van der Waals surface area (Å²) in [6.45, 7) is 19.7. The van der Waals surface area contributed by atoms with E-state index in [0.717, 1.165) is 89.1 Å². The zero-order valence-corrected chi connectivity index (χ0v) is 30.3. The van der Waals surface area contributed by atoms with Crippen molar-refractivity contribution in [2.24, 2.45) is 23.7 Å². The van der Waals surface area contributed by atoms with E-state index >= 15 is 0 Å². The zero-order chi connectivity index (χ0) is 32.5. The van der Waals surface area contributed by atoms with Gasteiger partial charge in [0.25, 0.3) is 0 Å². The molecule has 0 radical (unpaired) electrons. The van der Waals surface area contributed by atoms with E-state index in [9.17, 15) is 9.59 Å². The second-order valence-electron chi connectivity index (χ2n) is 14.6. The zero-order valence-electron chi connectivity index (χ0n) is 30.3. The summed E-state index contributed by atoms with van der Waals surface area (Å²) in [6, 6.07) is 0. The van der Waals surface area contributed by atoms with Crippen LogP contribution >= 0.6 is 0 Å². The standard InChI is InChI=1S/C19H39NO2.C17H35NO2/c1-16(2)10-9-11-18(14-13-17(3)4)22-19(21)12-7-8-15-20(5)6;1-14(2)8-7-9-16(11-10-15(3)4)20-17(19)12-13-18(5)6/h16-18H,7-15H2,1-6H3;14-16H,7-13H2,1-6H3. The number of nitrogens with zero attached hydrogens (tertiary/aromatic N) is 2. The van der Waals surface area contributed by atoms with Crippen LogP contribution in [0.15, 0.2) is 0 Å². The molecule has 0 fully saturated rings. The van der Waals surface area contributed by atoms with E-state index in [0.29, 0.717) is 24.7 Å². The Labute approximate surface area is 263 Å².